The Morgan fingerprint density at radius 3 is 2.08 bits per heavy atom. The van der Waals surface area contributed by atoms with Gasteiger partial charge in [-0.3, -0.25) is 9.59 Å². The first-order chi connectivity index (χ1) is 17.4. The molecule has 1 aliphatic heterocycles. The lowest BCUT2D eigenvalue weighted by Gasteiger charge is -2.36. The van der Waals surface area contributed by atoms with Gasteiger partial charge in [-0.2, -0.15) is 0 Å². The van der Waals surface area contributed by atoms with Gasteiger partial charge in [-0.1, -0.05) is 68.4 Å². The third kappa shape index (κ3) is 12.3. The van der Waals surface area contributed by atoms with E-state index in [4.69, 9.17) is 27.9 Å². The summed E-state index contributed by atoms with van der Waals surface area (Å²) >= 11 is 11.7. The number of ether oxygens (including phenoxy) is 1. The second-order valence-electron chi connectivity index (χ2n) is 10.5. The smallest absolute Gasteiger partial charge is 0.410 e. The molecule has 3 rings (SSSR count). The molecule has 208 valence electrons. The highest BCUT2D eigenvalue weighted by Gasteiger charge is 2.33. The number of piperidine rings is 1. The van der Waals surface area contributed by atoms with Gasteiger partial charge in [0, 0.05) is 41.9 Å². The third-order valence-corrected chi connectivity index (χ3v) is 6.33. The number of nitrogens with zero attached hydrogens (tertiary/aromatic N) is 1. The van der Waals surface area contributed by atoms with Gasteiger partial charge >= 0.3 is 6.09 Å². The molecule has 0 spiro atoms. The molecule has 0 N–H and O–H groups in total. The van der Waals surface area contributed by atoms with Crippen LogP contribution in [0, 0.1) is 5.92 Å². The highest BCUT2D eigenvalue weighted by molar-refractivity contribution is 6.30. The van der Waals surface area contributed by atoms with Gasteiger partial charge in [0.15, 0.2) is 5.78 Å². The van der Waals surface area contributed by atoms with Gasteiger partial charge in [0.25, 0.3) is 0 Å². The van der Waals surface area contributed by atoms with E-state index in [2.05, 4.69) is 13.5 Å². The number of allylic oxidation sites excluding steroid dienone is 1. The van der Waals surface area contributed by atoms with Crippen LogP contribution in [0.15, 0.2) is 61.2 Å². The van der Waals surface area contributed by atoms with Gasteiger partial charge in [-0.05, 0) is 81.0 Å². The minimum Gasteiger partial charge on any atom is -0.444 e. The van der Waals surface area contributed by atoms with Crippen LogP contribution in [0.4, 0.5) is 4.79 Å². The number of hydrogen-bond donors (Lipinski definition) is 0. The lowest BCUT2D eigenvalue weighted by molar-refractivity contribution is -0.123. The minimum absolute atomic E-state index is 0. The fourth-order valence-electron chi connectivity index (χ4n) is 4.06. The molecule has 0 aromatic heterocycles. The van der Waals surface area contributed by atoms with Gasteiger partial charge in [-0.25, -0.2) is 4.79 Å². The molecular weight excluding hydrogens is 521 g/mol. The number of amides is 1. The van der Waals surface area contributed by atoms with Crippen molar-refractivity contribution in [3.63, 3.8) is 0 Å². The molecular formula is C31H41Cl2NO4. The van der Waals surface area contributed by atoms with E-state index in [1.165, 1.54) is 11.6 Å². The average Bonchev–Trinajstić information content (AvgIpc) is 2.81. The summed E-state index contributed by atoms with van der Waals surface area (Å²) in [5.41, 5.74) is 1.73. The van der Waals surface area contributed by atoms with Crippen LogP contribution in [0.25, 0.3) is 0 Å². The van der Waals surface area contributed by atoms with Crippen molar-refractivity contribution in [1.29, 1.82) is 0 Å². The van der Waals surface area contributed by atoms with E-state index >= 15 is 0 Å². The summed E-state index contributed by atoms with van der Waals surface area (Å²) < 4.78 is 5.45. The molecule has 1 unspecified atom stereocenters. The first kappa shape index (κ1) is 33.4. The SMILES string of the molecule is C.C=CC(=O)CC(C)Cc1ccc(Cl)cc1.CC(C)(C)OC(=O)N1CCC(=O)C[C@@H]1Cc1ccc(Cl)cc1. The maximum absolute atomic E-state index is 12.3. The zero-order valence-corrected chi connectivity index (χ0v) is 23.6. The summed E-state index contributed by atoms with van der Waals surface area (Å²) in [6, 6.07) is 15.1. The maximum Gasteiger partial charge on any atom is 0.410 e. The largest absolute Gasteiger partial charge is 0.444 e. The monoisotopic (exact) mass is 561 g/mol. The predicted octanol–water partition coefficient (Wildman–Crippen LogP) is 8.15. The van der Waals surface area contributed by atoms with Crippen LogP contribution in [0.1, 0.15) is 65.5 Å². The Balaban J connectivity index is 0.000000397. The number of rotatable bonds is 7. The van der Waals surface area contributed by atoms with Crippen LogP contribution in [-0.4, -0.2) is 40.7 Å². The number of carbonyl (C=O) groups is 3. The van der Waals surface area contributed by atoms with Crippen molar-refractivity contribution >= 4 is 40.9 Å². The number of benzene rings is 2. The van der Waals surface area contributed by atoms with Gasteiger partial charge in [0.05, 0.1) is 0 Å². The number of ketones is 2. The molecule has 7 heteroatoms. The lowest BCUT2D eigenvalue weighted by Crippen LogP contribution is -2.49. The molecule has 2 atom stereocenters. The number of halogens is 2. The number of hydrogen-bond acceptors (Lipinski definition) is 4. The van der Waals surface area contributed by atoms with E-state index < -0.39 is 5.60 Å². The van der Waals surface area contributed by atoms with Crippen molar-refractivity contribution in [2.45, 2.75) is 78.9 Å². The lowest BCUT2D eigenvalue weighted by atomic mass is 9.95. The molecule has 5 nitrogen and oxygen atoms in total. The Bertz CT molecular complexity index is 1060. The molecule has 38 heavy (non-hydrogen) atoms. The van der Waals surface area contributed by atoms with E-state index in [1.54, 1.807) is 4.90 Å². The van der Waals surface area contributed by atoms with E-state index in [0.717, 1.165) is 17.0 Å². The minimum atomic E-state index is -0.538. The topological polar surface area (TPSA) is 63.7 Å². The van der Waals surface area contributed by atoms with Crippen molar-refractivity contribution in [3.8, 4) is 0 Å². The molecule has 2 aromatic carbocycles. The zero-order chi connectivity index (χ0) is 27.6. The summed E-state index contributed by atoms with van der Waals surface area (Å²) in [5, 5.41) is 1.42. The second kappa shape index (κ2) is 15.7. The predicted molar refractivity (Wildman–Crippen MR) is 157 cm³/mol. The van der Waals surface area contributed by atoms with Crippen LogP contribution >= 0.6 is 23.2 Å². The number of Topliss-reactive ketones (excluding diaryl/α,β-unsaturated/α-hetero) is 1. The van der Waals surface area contributed by atoms with Gasteiger partial charge in [0.1, 0.15) is 11.4 Å². The zero-order valence-electron chi connectivity index (χ0n) is 22.1. The Labute approximate surface area is 238 Å². The molecule has 0 saturated carbocycles. The summed E-state index contributed by atoms with van der Waals surface area (Å²) in [6.07, 6.45) is 3.90. The third-order valence-electron chi connectivity index (χ3n) is 5.82. The summed E-state index contributed by atoms with van der Waals surface area (Å²) in [5.74, 6) is 0.645. The summed E-state index contributed by atoms with van der Waals surface area (Å²) in [7, 11) is 0. The van der Waals surface area contributed by atoms with Gasteiger partial charge in [0.2, 0.25) is 0 Å². The fourth-order valence-corrected chi connectivity index (χ4v) is 4.31. The Morgan fingerprint density at radius 1 is 1.05 bits per heavy atom. The van der Waals surface area contributed by atoms with Crippen molar-refractivity contribution in [2.75, 3.05) is 6.54 Å². The molecule has 1 heterocycles. The van der Waals surface area contributed by atoms with Crippen LogP contribution in [0.5, 0.6) is 0 Å². The average molecular weight is 563 g/mol. The standard InChI is InChI=1S/C17H22ClNO3.C13H15ClO.CH4/c1-17(2,3)22-16(21)19-9-8-15(20)11-14(19)10-12-4-6-13(18)7-5-12;1-3-13(15)9-10(2)8-11-4-6-12(14)7-5-11;/h4-7,14H,8-11H2,1-3H3;3-7,10H,1,8-9H2,2H3;1H4/t14-;;/m0../s1. The quantitative estimate of drug-likeness (QED) is 0.320. The first-order valence-corrected chi connectivity index (χ1v) is 13.3. The maximum atomic E-state index is 12.3. The van der Waals surface area contributed by atoms with E-state index in [0.29, 0.717) is 43.2 Å². The molecule has 1 saturated heterocycles. The van der Waals surface area contributed by atoms with Crippen molar-refractivity contribution < 1.29 is 19.1 Å². The second-order valence-corrected chi connectivity index (χ2v) is 11.3. The van der Waals surface area contributed by atoms with Crippen LogP contribution < -0.4 is 0 Å². The molecule has 0 radical (unpaired) electrons. The Morgan fingerprint density at radius 2 is 1.58 bits per heavy atom. The van der Waals surface area contributed by atoms with Crippen molar-refractivity contribution in [1.82, 2.24) is 4.90 Å². The van der Waals surface area contributed by atoms with Crippen molar-refractivity contribution in [3.05, 3.63) is 82.4 Å². The highest BCUT2D eigenvalue weighted by Crippen LogP contribution is 2.22. The van der Waals surface area contributed by atoms with Crippen LogP contribution in [0.3, 0.4) is 0 Å². The van der Waals surface area contributed by atoms with E-state index in [-0.39, 0.29) is 31.1 Å². The molecule has 0 aliphatic carbocycles. The normalized spacial score (nSPS) is 15.9. The summed E-state index contributed by atoms with van der Waals surface area (Å²) in [4.78, 5) is 36.9. The Hall–Kier alpha value is -2.63. The van der Waals surface area contributed by atoms with Gasteiger partial charge in [-0.15, -0.1) is 0 Å². The number of likely N-dealkylation sites (tertiary alicyclic amines) is 1. The molecule has 1 aliphatic rings. The first-order valence-electron chi connectivity index (χ1n) is 12.5. The van der Waals surface area contributed by atoms with Crippen LogP contribution in [0.2, 0.25) is 10.0 Å². The van der Waals surface area contributed by atoms with E-state index in [9.17, 15) is 14.4 Å². The molecule has 0 bridgehead atoms. The van der Waals surface area contributed by atoms with Crippen molar-refractivity contribution in [2.24, 2.45) is 5.92 Å². The number of carbonyl (C=O) groups excluding carboxylic acids is 3. The molecule has 2 aromatic rings. The van der Waals surface area contributed by atoms with Crippen LogP contribution in [-0.2, 0) is 27.2 Å². The molecule has 1 amide bonds. The van der Waals surface area contributed by atoms with E-state index in [1.807, 2.05) is 69.3 Å². The van der Waals surface area contributed by atoms with Gasteiger partial charge < -0.3 is 9.64 Å². The Kier molecular flexibility index (Phi) is 13.8. The summed E-state index contributed by atoms with van der Waals surface area (Å²) in [6.45, 7) is 11.5. The highest BCUT2D eigenvalue weighted by atomic mass is 35.5. The fraction of sp³-hybridized carbons (Fsp3) is 0.452. The molecule has 1 fully saturated rings.